The van der Waals surface area contributed by atoms with Crippen molar-refractivity contribution in [2.24, 2.45) is 0 Å². The van der Waals surface area contributed by atoms with Crippen LogP contribution in [0.2, 0.25) is 0 Å². The molecule has 0 radical (unpaired) electrons. The first-order valence-corrected chi connectivity index (χ1v) is 6.24. The van der Waals surface area contributed by atoms with Crippen LogP contribution in [0.4, 0.5) is 0 Å². The van der Waals surface area contributed by atoms with Crippen LogP contribution in [0.1, 0.15) is 0 Å². The van der Waals surface area contributed by atoms with E-state index in [9.17, 15) is 0 Å². The van der Waals surface area contributed by atoms with Gasteiger partial charge in [0.15, 0.2) is 0 Å². The van der Waals surface area contributed by atoms with E-state index >= 15 is 0 Å². The van der Waals surface area contributed by atoms with Crippen molar-refractivity contribution in [2.75, 3.05) is 7.11 Å². The lowest BCUT2D eigenvalue weighted by Gasteiger charge is -2.08. The minimum absolute atomic E-state index is 0.869. The van der Waals surface area contributed by atoms with Crippen molar-refractivity contribution in [2.45, 2.75) is 0 Å². The van der Waals surface area contributed by atoms with Crippen molar-refractivity contribution in [3.8, 4) is 16.2 Å². The molecule has 0 spiro atoms. The average molecular weight is 241 g/mol. The minimum atomic E-state index is 0.869. The highest BCUT2D eigenvalue weighted by atomic mass is 32.1. The molecule has 1 aromatic carbocycles. The van der Waals surface area contributed by atoms with Gasteiger partial charge in [-0.3, -0.25) is 4.98 Å². The zero-order valence-electron chi connectivity index (χ0n) is 9.38. The Hall–Kier alpha value is -1.87. The Balaban J connectivity index is 2.34. The maximum Gasteiger partial charge on any atom is 0.128 e. The zero-order chi connectivity index (χ0) is 11.7. The fourth-order valence-corrected chi connectivity index (χ4v) is 2.71. The number of hydrogen-bond acceptors (Lipinski definition) is 3. The molecule has 0 amide bonds. The van der Waals surface area contributed by atoms with Crippen molar-refractivity contribution in [3.63, 3.8) is 0 Å². The van der Waals surface area contributed by atoms with Crippen LogP contribution >= 0.6 is 11.3 Å². The number of rotatable bonds is 2. The first-order valence-electron chi connectivity index (χ1n) is 5.36. The summed E-state index contributed by atoms with van der Waals surface area (Å²) in [5.74, 6) is 0.869. The third-order valence-corrected chi connectivity index (χ3v) is 3.64. The van der Waals surface area contributed by atoms with Crippen LogP contribution in [-0.2, 0) is 0 Å². The van der Waals surface area contributed by atoms with Crippen LogP contribution in [0, 0.1) is 0 Å². The SMILES string of the molecule is COc1ccc(-c2cccs2)c2ncccc12. The first kappa shape index (κ1) is 10.3. The summed E-state index contributed by atoms with van der Waals surface area (Å²) in [5.41, 5.74) is 2.16. The molecule has 0 N–H and O–H groups in total. The number of benzene rings is 1. The summed E-state index contributed by atoms with van der Waals surface area (Å²) in [6.07, 6.45) is 1.82. The van der Waals surface area contributed by atoms with Gasteiger partial charge >= 0.3 is 0 Å². The highest BCUT2D eigenvalue weighted by Crippen LogP contribution is 2.34. The van der Waals surface area contributed by atoms with Gasteiger partial charge in [0, 0.05) is 22.0 Å². The lowest BCUT2D eigenvalue weighted by Crippen LogP contribution is -1.88. The Morgan fingerprint density at radius 2 is 2.06 bits per heavy atom. The molecule has 0 atom stereocenters. The maximum atomic E-state index is 5.36. The van der Waals surface area contributed by atoms with Crippen molar-refractivity contribution < 1.29 is 4.74 Å². The molecule has 0 saturated carbocycles. The van der Waals surface area contributed by atoms with Crippen molar-refractivity contribution >= 4 is 22.2 Å². The number of pyridine rings is 1. The fraction of sp³-hybridized carbons (Fsp3) is 0.0714. The highest BCUT2D eigenvalue weighted by molar-refractivity contribution is 7.13. The van der Waals surface area contributed by atoms with Gasteiger partial charge in [0.1, 0.15) is 5.75 Å². The number of fused-ring (bicyclic) bond motifs is 1. The number of hydrogen-bond donors (Lipinski definition) is 0. The van der Waals surface area contributed by atoms with E-state index in [0.29, 0.717) is 0 Å². The molecule has 2 heterocycles. The van der Waals surface area contributed by atoms with E-state index in [1.54, 1.807) is 18.4 Å². The topological polar surface area (TPSA) is 22.1 Å². The lowest BCUT2D eigenvalue weighted by molar-refractivity contribution is 0.420. The Morgan fingerprint density at radius 1 is 1.12 bits per heavy atom. The molecule has 17 heavy (non-hydrogen) atoms. The molecule has 2 nitrogen and oxygen atoms in total. The number of aromatic nitrogens is 1. The predicted molar refractivity (Wildman–Crippen MR) is 71.6 cm³/mol. The van der Waals surface area contributed by atoms with Gasteiger partial charge < -0.3 is 4.74 Å². The van der Waals surface area contributed by atoms with E-state index in [1.165, 1.54) is 4.88 Å². The molecule has 0 fully saturated rings. The molecule has 3 heteroatoms. The average Bonchev–Trinajstić information content (AvgIpc) is 2.91. The van der Waals surface area contributed by atoms with E-state index in [2.05, 4.69) is 28.6 Å². The second kappa shape index (κ2) is 4.18. The molecule has 84 valence electrons. The summed E-state index contributed by atoms with van der Waals surface area (Å²) in [5, 5.41) is 3.13. The van der Waals surface area contributed by atoms with Gasteiger partial charge in [-0.2, -0.15) is 0 Å². The molecular weight excluding hydrogens is 230 g/mol. The molecule has 0 saturated heterocycles. The van der Waals surface area contributed by atoms with Crippen LogP contribution in [-0.4, -0.2) is 12.1 Å². The summed E-state index contributed by atoms with van der Waals surface area (Å²) in [4.78, 5) is 5.71. The second-order valence-electron chi connectivity index (χ2n) is 3.69. The van der Waals surface area contributed by atoms with Gasteiger partial charge in [0.25, 0.3) is 0 Å². The number of thiophene rings is 1. The monoisotopic (exact) mass is 241 g/mol. The molecule has 2 aromatic heterocycles. The summed E-state index contributed by atoms with van der Waals surface area (Å²) in [7, 11) is 1.69. The van der Waals surface area contributed by atoms with E-state index in [4.69, 9.17) is 4.74 Å². The van der Waals surface area contributed by atoms with Gasteiger partial charge in [0.2, 0.25) is 0 Å². The Kier molecular flexibility index (Phi) is 2.53. The number of methoxy groups -OCH3 is 1. The highest BCUT2D eigenvalue weighted by Gasteiger charge is 2.09. The van der Waals surface area contributed by atoms with Gasteiger partial charge in [-0.05, 0) is 35.7 Å². The largest absolute Gasteiger partial charge is 0.496 e. The molecule has 0 aliphatic rings. The number of nitrogens with zero attached hydrogens (tertiary/aromatic N) is 1. The third kappa shape index (κ3) is 1.68. The molecule has 3 rings (SSSR count). The lowest BCUT2D eigenvalue weighted by atomic mass is 10.1. The summed E-state index contributed by atoms with van der Waals surface area (Å²) < 4.78 is 5.36. The van der Waals surface area contributed by atoms with E-state index in [-0.39, 0.29) is 0 Å². The Morgan fingerprint density at radius 3 is 2.82 bits per heavy atom. The van der Waals surface area contributed by atoms with Crippen LogP contribution < -0.4 is 4.74 Å². The van der Waals surface area contributed by atoms with E-state index in [1.807, 2.05) is 24.4 Å². The van der Waals surface area contributed by atoms with E-state index in [0.717, 1.165) is 22.2 Å². The molecular formula is C14H11NOS. The van der Waals surface area contributed by atoms with Gasteiger partial charge in [0.05, 0.1) is 12.6 Å². The molecule has 0 unspecified atom stereocenters. The Labute approximate surface area is 104 Å². The number of ether oxygens (including phenoxy) is 1. The molecule has 0 aliphatic carbocycles. The molecule has 0 bridgehead atoms. The minimum Gasteiger partial charge on any atom is -0.496 e. The normalized spacial score (nSPS) is 10.6. The molecule has 3 aromatic rings. The van der Waals surface area contributed by atoms with Crippen LogP contribution in [0.15, 0.2) is 48.0 Å². The van der Waals surface area contributed by atoms with Gasteiger partial charge in [-0.25, -0.2) is 0 Å². The fourth-order valence-electron chi connectivity index (χ4n) is 1.96. The predicted octanol–water partition coefficient (Wildman–Crippen LogP) is 3.97. The van der Waals surface area contributed by atoms with Gasteiger partial charge in [-0.1, -0.05) is 6.07 Å². The second-order valence-corrected chi connectivity index (χ2v) is 4.64. The van der Waals surface area contributed by atoms with Crippen LogP contribution in [0.25, 0.3) is 21.3 Å². The van der Waals surface area contributed by atoms with E-state index < -0.39 is 0 Å². The summed E-state index contributed by atoms with van der Waals surface area (Å²) in [6, 6.07) is 12.2. The van der Waals surface area contributed by atoms with Crippen LogP contribution in [0.5, 0.6) is 5.75 Å². The summed E-state index contributed by atoms with van der Waals surface area (Å²) >= 11 is 1.72. The smallest absolute Gasteiger partial charge is 0.128 e. The Bertz CT molecular complexity index is 646. The first-order chi connectivity index (χ1) is 8.40. The van der Waals surface area contributed by atoms with Crippen molar-refractivity contribution in [1.82, 2.24) is 4.98 Å². The van der Waals surface area contributed by atoms with Crippen molar-refractivity contribution in [3.05, 3.63) is 48.0 Å². The van der Waals surface area contributed by atoms with Gasteiger partial charge in [-0.15, -0.1) is 11.3 Å². The van der Waals surface area contributed by atoms with Crippen LogP contribution in [0.3, 0.4) is 0 Å². The quantitative estimate of drug-likeness (QED) is 0.677. The third-order valence-electron chi connectivity index (χ3n) is 2.74. The summed E-state index contributed by atoms with van der Waals surface area (Å²) in [6.45, 7) is 0. The maximum absolute atomic E-state index is 5.36. The standard InChI is InChI=1S/C14H11NOS/c1-16-12-7-6-11(13-5-3-9-17-13)14-10(12)4-2-8-15-14/h2-9H,1H3. The van der Waals surface area contributed by atoms with Crippen molar-refractivity contribution in [1.29, 1.82) is 0 Å². The zero-order valence-corrected chi connectivity index (χ0v) is 10.2. The molecule has 0 aliphatic heterocycles.